The zero-order valence-corrected chi connectivity index (χ0v) is 37.2. The van der Waals surface area contributed by atoms with Crippen LogP contribution in [0.15, 0.2) is 240 Å². The number of benzene rings is 7. The van der Waals surface area contributed by atoms with E-state index in [1.165, 1.54) is 55.9 Å². The number of para-hydroxylation sites is 2. The van der Waals surface area contributed by atoms with Gasteiger partial charge in [-0.05, 0) is 102 Å². The zero-order valence-electron chi connectivity index (χ0n) is 37.2. The van der Waals surface area contributed by atoms with Crippen molar-refractivity contribution < 1.29 is 9.15 Å². The number of furan rings is 1. The van der Waals surface area contributed by atoms with Gasteiger partial charge in [0.1, 0.15) is 23.0 Å². The molecule has 7 aromatic carbocycles. The molecule has 3 atom stereocenters. The summed E-state index contributed by atoms with van der Waals surface area (Å²) in [7, 11) is 0. The second-order valence-electron chi connectivity index (χ2n) is 19.1. The van der Waals surface area contributed by atoms with Crippen molar-refractivity contribution in [1.82, 2.24) is 0 Å². The molecule has 1 aliphatic heterocycles. The first-order chi connectivity index (χ1) is 32.4. The van der Waals surface area contributed by atoms with Crippen LogP contribution >= 0.6 is 0 Å². The number of fused-ring (bicyclic) bond motifs is 9. The molecule has 8 aromatic rings. The maximum Gasteiger partial charge on any atom is 0.143 e. The molecule has 5 aliphatic rings. The minimum atomic E-state index is -0.568. The first-order valence-corrected chi connectivity index (χ1v) is 23.5. The van der Waals surface area contributed by atoms with Crippen LogP contribution in [0.5, 0.6) is 5.75 Å². The van der Waals surface area contributed by atoms with Crippen LogP contribution in [0.1, 0.15) is 66.5 Å². The molecular formula is C63H49NO2. The van der Waals surface area contributed by atoms with Gasteiger partial charge in [-0.3, -0.25) is 0 Å². The summed E-state index contributed by atoms with van der Waals surface area (Å²) in [6.07, 6.45) is 21.2. The number of hydrogen-bond acceptors (Lipinski definition) is 3. The van der Waals surface area contributed by atoms with E-state index in [0.717, 1.165) is 63.8 Å². The van der Waals surface area contributed by atoms with Gasteiger partial charge >= 0.3 is 0 Å². The Hall–Kier alpha value is -7.62. The van der Waals surface area contributed by atoms with Crippen LogP contribution in [0.4, 0.5) is 5.69 Å². The largest absolute Gasteiger partial charge is 0.484 e. The fourth-order valence-electron chi connectivity index (χ4n) is 11.9. The van der Waals surface area contributed by atoms with E-state index in [4.69, 9.17) is 9.15 Å². The monoisotopic (exact) mass is 851 g/mol. The molecule has 0 radical (unpaired) electrons. The fraction of sp³-hybridized carbons (Fsp3) is 0.143. The molecule has 0 amide bonds. The number of nitrogens with zero attached hydrogens (tertiary/aromatic N) is 1. The molecule has 0 bridgehead atoms. The summed E-state index contributed by atoms with van der Waals surface area (Å²) in [4.78, 5) is 2.53. The molecule has 0 saturated carbocycles. The van der Waals surface area contributed by atoms with Crippen LogP contribution in [0.3, 0.4) is 0 Å². The van der Waals surface area contributed by atoms with E-state index in [9.17, 15) is 0 Å². The van der Waals surface area contributed by atoms with E-state index in [-0.39, 0.29) is 16.9 Å². The molecule has 318 valence electrons. The van der Waals surface area contributed by atoms with Gasteiger partial charge in [0.2, 0.25) is 0 Å². The lowest BCUT2D eigenvalue weighted by Crippen LogP contribution is -2.33. The third kappa shape index (κ3) is 5.62. The Morgan fingerprint density at radius 1 is 0.606 bits per heavy atom. The number of anilines is 1. The molecule has 1 aromatic heterocycles. The van der Waals surface area contributed by atoms with Crippen LogP contribution < -0.4 is 9.64 Å². The normalized spacial score (nSPS) is 22.1. The van der Waals surface area contributed by atoms with Crippen molar-refractivity contribution in [3.8, 4) is 16.9 Å². The molecule has 0 spiro atoms. The van der Waals surface area contributed by atoms with E-state index >= 15 is 0 Å². The molecule has 3 nitrogen and oxygen atoms in total. The first kappa shape index (κ1) is 38.8. The van der Waals surface area contributed by atoms with Crippen molar-refractivity contribution >= 4 is 33.2 Å². The van der Waals surface area contributed by atoms with Crippen LogP contribution in [-0.2, 0) is 16.2 Å². The van der Waals surface area contributed by atoms with E-state index in [1.54, 1.807) is 0 Å². The lowest BCUT2D eigenvalue weighted by molar-refractivity contribution is 0.227. The predicted octanol–water partition coefficient (Wildman–Crippen LogP) is 15.5. The van der Waals surface area contributed by atoms with Crippen molar-refractivity contribution in [2.75, 3.05) is 4.90 Å². The SMILES string of the molecule is CC1(c2ccccc2)C=CC(N(C2=CC3=C(CC2)c2c(ccc4c2OC2C=CC=CC42C)C3(c2ccccc2)c2ccccc2)c2ccc(-c3cccc4c3oc3ccccc34)cc2)=CC1. The molecule has 13 rings (SSSR count). The molecule has 0 saturated heterocycles. The first-order valence-electron chi connectivity index (χ1n) is 23.5. The molecule has 0 fully saturated rings. The van der Waals surface area contributed by atoms with Crippen molar-refractivity contribution in [3.63, 3.8) is 0 Å². The van der Waals surface area contributed by atoms with Gasteiger partial charge in [0.15, 0.2) is 0 Å². The van der Waals surface area contributed by atoms with E-state index < -0.39 is 5.41 Å². The van der Waals surface area contributed by atoms with Crippen molar-refractivity contribution in [2.24, 2.45) is 0 Å². The van der Waals surface area contributed by atoms with Crippen molar-refractivity contribution in [2.45, 2.75) is 55.5 Å². The highest BCUT2D eigenvalue weighted by Gasteiger charge is 2.53. The highest BCUT2D eigenvalue weighted by Crippen LogP contribution is 2.63. The van der Waals surface area contributed by atoms with E-state index in [1.807, 2.05) is 6.07 Å². The number of ether oxygens (including phenoxy) is 1. The smallest absolute Gasteiger partial charge is 0.143 e. The Kier molecular flexibility index (Phi) is 8.64. The second kappa shape index (κ2) is 14.7. The van der Waals surface area contributed by atoms with Gasteiger partial charge in [-0.25, -0.2) is 0 Å². The van der Waals surface area contributed by atoms with Crippen LogP contribution in [-0.4, -0.2) is 6.10 Å². The minimum absolute atomic E-state index is 0.0462. The van der Waals surface area contributed by atoms with Gasteiger partial charge in [0, 0.05) is 50.0 Å². The van der Waals surface area contributed by atoms with Gasteiger partial charge < -0.3 is 14.1 Å². The van der Waals surface area contributed by atoms with E-state index in [2.05, 4.69) is 231 Å². The van der Waals surface area contributed by atoms with Gasteiger partial charge in [0.25, 0.3) is 0 Å². The van der Waals surface area contributed by atoms with Gasteiger partial charge in [-0.15, -0.1) is 0 Å². The molecule has 66 heavy (non-hydrogen) atoms. The maximum absolute atomic E-state index is 7.13. The third-order valence-electron chi connectivity index (χ3n) is 15.4. The van der Waals surface area contributed by atoms with Crippen LogP contribution in [0, 0.1) is 0 Å². The minimum Gasteiger partial charge on any atom is -0.484 e. The van der Waals surface area contributed by atoms with Gasteiger partial charge in [-0.1, -0.05) is 189 Å². The number of rotatable bonds is 7. The average molecular weight is 852 g/mol. The predicted molar refractivity (Wildman–Crippen MR) is 271 cm³/mol. The Morgan fingerprint density at radius 2 is 1.29 bits per heavy atom. The average Bonchev–Trinajstić information content (AvgIpc) is 4.01. The summed E-state index contributed by atoms with van der Waals surface area (Å²) < 4.78 is 13.7. The summed E-state index contributed by atoms with van der Waals surface area (Å²) in [6, 6.07) is 62.0. The Balaban J connectivity index is 1.00. The van der Waals surface area contributed by atoms with Crippen LogP contribution in [0.25, 0.3) is 38.6 Å². The lowest BCUT2D eigenvalue weighted by atomic mass is 9.66. The summed E-state index contributed by atoms with van der Waals surface area (Å²) in [5, 5.41) is 2.28. The van der Waals surface area contributed by atoms with Crippen molar-refractivity contribution in [3.05, 3.63) is 269 Å². The van der Waals surface area contributed by atoms with Gasteiger partial charge in [-0.2, -0.15) is 0 Å². The van der Waals surface area contributed by atoms with E-state index in [0.29, 0.717) is 0 Å². The maximum atomic E-state index is 7.13. The standard InChI is InChI=1S/C63H49NO2/c1-61(43-17-6-3-7-18-43)39-36-47(37-40-61)64(46-30-28-42(29-31-46)49-24-16-25-51-50-23-12-13-26-56(50)65-59(49)51)48-32-33-52-55(41-48)63(44-19-8-4-9-20-44,45-21-10-5-11-22-45)53-34-35-54-60(58(52)53)66-57-27-14-15-38-62(54,57)2/h3-31,34-39,41,57H,32-33,40H2,1-2H3. The summed E-state index contributed by atoms with van der Waals surface area (Å²) in [5.74, 6) is 1.04. The molecule has 3 heteroatoms. The van der Waals surface area contributed by atoms with Crippen molar-refractivity contribution in [1.29, 1.82) is 0 Å². The topological polar surface area (TPSA) is 25.6 Å². The zero-order chi connectivity index (χ0) is 44.0. The van der Waals surface area contributed by atoms with Crippen LogP contribution in [0.2, 0.25) is 0 Å². The quantitative estimate of drug-likeness (QED) is 0.160. The summed E-state index contributed by atoms with van der Waals surface area (Å²) >= 11 is 0. The highest BCUT2D eigenvalue weighted by molar-refractivity contribution is 6.09. The second-order valence-corrected chi connectivity index (χ2v) is 19.1. The molecule has 3 unspecified atom stereocenters. The summed E-state index contributed by atoms with van der Waals surface area (Å²) in [6.45, 7) is 4.68. The molecule has 0 N–H and O–H groups in total. The molecular weight excluding hydrogens is 803 g/mol. The van der Waals surface area contributed by atoms with Gasteiger partial charge in [0.05, 0.1) is 10.8 Å². The Bertz CT molecular complexity index is 3400. The number of hydrogen-bond donors (Lipinski definition) is 0. The summed E-state index contributed by atoms with van der Waals surface area (Å²) in [5.41, 5.74) is 17.1. The molecule has 2 heterocycles. The lowest BCUT2D eigenvalue weighted by Gasteiger charge is -2.38. The Morgan fingerprint density at radius 3 is 2.02 bits per heavy atom. The fourth-order valence-corrected chi connectivity index (χ4v) is 11.9. The third-order valence-corrected chi connectivity index (χ3v) is 15.4. The Labute approximate surface area is 386 Å². The highest BCUT2D eigenvalue weighted by atomic mass is 16.5. The molecule has 4 aliphatic carbocycles. The number of allylic oxidation sites excluding steroid dienone is 9.